The van der Waals surface area contributed by atoms with Gasteiger partial charge in [-0.2, -0.15) is 0 Å². The lowest BCUT2D eigenvalue weighted by Gasteiger charge is -2.06. The molecule has 6 heteroatoms. The zero-order valence-corrected chi connectivity index (χ0v) is 13.2. The Bertz CT molecular complexity index is 653. The maximum absolute atomic E-state index is 12.0. The fourth-order valence-corrected chi connectivity index (χ4v) is 3.25. The van der Waals surface area contributed by atoms with Gasteiger partial charge in [-0.1, -0.05) is 18.2 Å². The minimum absolute atomic E-state index is 0.117. The maximum atomic E-state index is 12.0. The fraction of sp³-hybridized carbons (Fsp3) is 0.333. The number of hydrogen-bond donors (Lipinski definition) is 1. The quantitative estimate of drug-likeness (QED) is 0.495. The second kappa shape index (κ2) is 7.43. The summed E-state index contributed by atoms with van der Waals surface area (Å²) in [5.74, 6) is -0.0108. The molecule has 0 aliphatic carbocycles. The molecule has 0 unspecified atom stereocenters. The van der Waals surface area contributed by atoms with Crippen LogP contribution in [0.3, 0.4) is 0 Å². The number of nitrogens with one attached hydrogen (secondary N) is 1. The molecule has 0 atom stereocenters. The number of halogens is 1. The van der Waals surface area contributed by atoms with Gasteiger partial charge in [-0.05, 0) is 18.9 Å². The van der Waals surface area contributed by atoms with Crippen LogP contribution in [0.25, 0.3) is 10.1 Å². The van der Waals surface area contributed by atoms with Crippen LogP contribution < -0.4 is 5.32 Å². The number of amides is 1. The summed E-state index contributed by atoms with van der Waals surface area (Å²) in [6.45, 7) is 0. The van der Waals surface area contributed by atoms with E-state index in [0.717, 1.165) is 22.9 Å². The van der Waals surface area contributed by atoms with Crippen molar-refractivity contribution >= 4 is 50.6 Å². The Morgan fingerprint density at radius 3 is 2.76 bits per heavy atom. The summed E-state index contributed by atoms with van der Waals surface area (Å²) in [6, 6.07) is 7.56. The zero-order chi connectivity index (χ0) is 15.2. The predicted molar refractivity (Wildman–Crippen MR) is 86.4 cm³/mol. The van der Waals surface area contributed by atoms with Gasteiger partial charge in [0.25, 0.3) is 0 Å². The van der Waals surface area contributed by atoms with Crippen molar-refractivity contribution in [3.05, 3.63) is 29.1 Å². The van der Waals surface area contributed by atoms with Crippen LogP contribution in [0.4, 0.5) is 5.69 Å². The van der Waals surface area contributed by atoms with Gasteiger partial charge in [0.15, 0.2) is 0 Å². The molecule has 21 heavy (non-hydrogen) atoms. The first kappa shape index (κ1) is 15.8. The molecule has 0 radical (unpaired) electrons. The van der Waals surface area contributed by atoms with E-state index in [-0.39, 0.29) is 5.91 Å². The first-order chi connectivity index (χ1) is 10.2. The number of hydrogen-bond acceptors (Lipinski definition) is 4. The highest BCUT2D eigenvalue weighted by Gasteiger charge is 2.20. The van der Waals surface area contributed by atoms with E-state index in [2.05, 4.69) is 5.32 Å². The first-order valence-electron chi connectivity index (χ1n) is 6.63. The lowest BCUT2D eigenvalue weighted by Crippen LogP contribution is -2.13. The van der Waals surface area contributed by atoms with Gasteiger partial charge in [-0.15, -0.1) is 22.9 Å². The minimum Gasteiger partial charge on any atom is -0.465 e. The van der Waals surface area contributed by atoms with E-state index in [1.807, 2.05) is 24.3 Å². The van der Waals surface area contributed by atoms with Crippen molar-refractivity contribution in [2.75, 3.05) is 18.3 Å². The Morgan fingerprint density at radius 1 is 1.29 bits per heavy atom. The number of carbonyl (C=O) groups excluding carboxylic acids is 2. The van der Waals surface area contributed by atoms with Crippen molar-refractivity contribution in [3.63, 3.8) is 0 Å². The third-order valence-corrected chi connectivity index (χ3v) is 4.44. The summed E-state index contributed by atoms with van der Waals surface area (Å²) < 4.78 is 5.73. The van der Waals surface area contributed by atoms with Crippen LogP contribution in [0.5, 0.6) is 0 Å². The molecule has 0 aliphatic heterocycles. The van der Waals surface area contributed by atoms with Gasteiger partial charge in [-0.25, -0.2) is 4.79 Å². The lowest BCUT2D eigenvalue weighted by atomic mass is 10.2. The summed E-state index contributed by atoms with van der Waals surface area (Å²) in [5, 5.41) is 3.69. The number of methoxy groups -OCH3 is 1. The molecule has 1 aromatic carbocycles. The Morgan fingerprint density at radius 2 is 2.05 bits per heavy atom. The molecule has 0 saturated carbocycles. The van der Waals surface area contributed by atoms with Gasteiger partial charge in [0.2, 0.25) is 5.91 Å². The number of ether oxygens (including phenoxy) is 1. The number of thiophene rings is 1. The number of unbranched alkanes of at least 4 members (excludes halogenated alkanes) is 1. The van der Waals surface area contributed by atoms with Crippen LogP contribution in [-0.2, 0) is 9.53 Å². The minimum atomic E-state index is -0.438. The van der Waals surface area contributed by atoms with Crippen LogP contribution >= 0.6 is 22.9 Å². The summed E-state index contributed by atoms with van der Waals surface area (Å²) in [4.78, 5) is 24.3. The van der Waals surface area contributed by atoms with E-state index >= 15 is 0 Å². The Labute approximate surface area is 132 Å². The van der Waals surface area contributed by atoms with Crippen molar-refractivity contribution in [3.8, 4) is 0 Å². The van der Waals surface area contributed by atoms with Crippen molar-refractivity contribution in [2.24, 2.45) is 0 Å². The van der Waals surface area contributed by atoms with E-state index in [0.29, 0.717) is 22.9 Å². The normalized spacial score (nSPS) is 10.6. The number of fused-ring (bicyclic) bond motifs is 1. The molecule has 0 spiro atoms. The van der Waals surface area contributed by atoms with E-state index < -0.39 is 5.97 Å². The second-order valence-electron chi connectivity index (χ2n) is 4.49. The lowest BCUT2D eigenvalue weighted by molar-refractivity contribution is -0.116. The number of esters is 1. The number of benzene rings is 1. The molecule has 2 rings (SSSR count). The van der Waals surface area contributed by atoms with E-state index in [4.69, 9.17) is 16.3 Å². The molecule has 2 aromatic rings. The molecule has 0 fully saturated rings. The number of rotatable bonds is 6. The van der Waals surface area contributed by atoms with Gasteiger partial charge < -0.3 is 10.1 Å². The molecule has 1 heterocycles. The van der Waals surface area contributed by atoms with Crippen molar-refractivity contribution in [1.82, 2.24) is 0 Å². The topological polar surface area (TPSA) is 55.4 Å². The van der Waals surface area contributed by atoms with E-state index in [1.54, 1.807) is 0 Å². The van der Waals surface area contributed by atoms with Crippen molar-refractivity contribution in [2.45, 2.75) is 19.3 Å². The fourth-order valence-electron chi connectivity index (χ4n) is 1.99. The third kappa shape index (κ3) is 3.74. The molecular weight excluding hydrogens is 310 g/mol. The average Bonchev–Trinajstić information content (AvgIpc) is 2.85. The summed E-state index contributed by atoms with van der Waals surface area (Å²) in [7, 11) is 1.33. The number of anilines is 1. The Hall–Kier alpha value is -1.59. The van der Waals surface area contributed by atoms with Gasteiger partial charge in [0.1, 0.15) is 4.88 Å². The predicted octanol–water partition coefficient (Wildman–Crippen LogP) is 4.04. The highest BCUT2D eigenvalue weighted by Crippen LogP contribution is 2.36. The third-order valence-electron chi connectivity index (χ3n) is 3.02. The molecule has 4 nitrogen and oxygen atoms in total. The monoisotopic (exact) mass is 325 g/mol. The molecule has 0 bridgehead atoms. The second-order valence-corrected chi connectivity index (χ2v) is 5.92. The molecular formula is C15H16ClNO3S. The first-order valence-corrected chi connectivity index (χ1v) is 7.98. The molecule has 112 valence electrons. The SMILES string of the molecule is COC(=O)c1sc2ccccc2c1NC(=O)CCCCCl. The molecule has 1 amide bonds. The summed E-state index contributed by atoms with van der Waals surface area (Å²) in [6.07, 6.45) is 1.91. The zero-order valence-electron chi connectivity index (χ0n) is 11.6. The molecule has 0 aliphatic rings. The largest absolute Gasteiger partial charge is 0.465 e. The van der Waals surface area contributed by atoms with E-state index in [1.165, 1.54) is 18.4 Å². The van der Waals surface area contributed by atoms with E-state index in [9.17, 15) is 9.59 Å². The Balaban J connectivity index is 2.27. The van der Waals surface area contributed by atoms with Crippen LogP contribution in [0, 0.1) is 0 Å². The number of carbonyl (C=O) groups is 2. The van der Waals surface area contributed by atoms with Gasteiger partial charge in [0.05, 0.1) is 12.8 Å². The highest BCUT2D eigenvalue weighted by molar-refractivity contribution is 7.21. The molecule has 1 aromatic heterocycles. The van der Waals surface area contributed by atoms with Crippen LogP contribution in [0.15, 0.2) is 24.3 Å². The van der Waals surface area contributed by atoms with Gasteiger partial charge in [0, 0.05) is 22.4 Å². The highest BCUT2D eigenvalue weighted by atomic mass is 35.5. The Kier molecular flexibility index (Phi) is 5.59. The summed E-state index contributed by atoms with van der Waals surface area (Å²) in [5.41, 5.74) is 0.540. The van der Waals surface area contributed by atoms with Crippen molar-refractivity contribution < 1.29 is 14.3 Å². The average molecular weight is 326 g/mol. The molecule has 1 N–H and O–H groups in total. The van der Waals surface area contributed by atoms with Crippen LogP contribution in [-0.4, -0.2) is 24.9 Å². The van der Waals surface area contributed by atoms with Gasteiger partial charge in [-0.3, -0.25) is 4.79 Å². The maximum Gasteiger partial charge on any atom is 0.350 e. The molecule has 0 saturated heterocycles. The summed E-state index contributed by atoms with van der Waals surface area (Å²) >= 11 is 6.92. The van der Waals surface area contributed by atoms with Crippen LogP contribution in [0.1, 0.15) is 28.9 Å². The standard InChI is InChI=1S/C15H16ClNO3S/c1-20-15(19)14-13(17-12(18)8-4-5-9-16)10-6-2-3-7-11(10)21-14/h2-3,6-7H,4-5,8-9H2,1H3,(H,17,18). The van der Waals surface area contributed by atoms with Gasteiger partial charge >= 0.3 is 5.97 Å². The van der Waals surface area contributed by atoms with Crippen molar-refractivity contribution in [1.29, 1.82) is 0 Å². The number of alkyl halides is 1. The van der Waals surface area contributed by atoms with Crippen LogP contribution in [0.2, 0.25) is 0 Å². The smallest absolute Gasteiger partial charge is 0.350 e.